The first-order valence-corrected chi connectivity index (χ1v) is 5.85. The van der Waals surface area contributed by atoms with E-state index in [9.17, 15) is 0 Å². The van der Waals surface area contributed by atoms with Crippen molar-refractivity contribution in [2.45, 2.75) is 20.0 Å². The first kappa shape index (κ1) is 12.8. The molecule has 0 saturated heterocycles. The molecule has 0 bridgehead atoms. The van der Waals surface area contributed by atoms with Gasteiger partial charge >= 0.3 is 6.01 Å². The number of ether oxygens (including phenoxy) is 1. The van der Waals surface area contributed by atoms with Crippen LogP contribution in [0.5, 0.6) is 6.01 Å². The van der Waals surface area contributed by atoms with E-state index in [1.165, 1.54) is 4.68 Å². The van der Waals surface area contributed by atoms with Gasteiger partial charge in [-0.1, -0.05) is 5.92 Å². The molecule has 2 rings (SSSR count). The van der Waals surface area contributed by atoms with Crippen LogP contribution in [0.1, 0.15) is 13.8 Å². The summed E-state index contributed by atoms with van der Waals surface area (Å²) in [6.45, 7) is 4.37. The Morgan fingerprint density at radius 1 is 1.47 bits per heavy atom. The Kier molecular flexibility index (Phi) is 3.93. The third kappa shape index (κ3) is 3.19. The van der Waals surface area contributed by atoms with E-state index in [0.717, 1.165) is 0 Å². The molecule has 0 aliphatic heterocycles. The van der Waals surface area contributed by atoms with Crippen LogP contribution in [-0.2, 0) is 0 Å². The van der Waals surface area contributed by atoms with Crippen molar-refractivity contribution in [3.8, 4) is 24.3 Å². The van der Waals surface area contributed by atoms with Gasteiger partial charge in [-0.3, -0.25) is 0 Å². The van der Waals surface area contributed by atoms with Gasteiger partial charge < -0.3 is 10.1 Å². The Morgan fingerprint density at radius 2 is 2.32 bits per heavy atom. The number of anilines is 1. The summed E-state index contributed by atoms with van der Waals surface area (Å²) in [5.41, 5.74) is 0. The van der Waals surface area contributed by atoms with Gasteiger partial charge in [0.15, 0.2) is 6.10 Å². The number of terminal acetylenes is 1. The maximum absolute atomic E-state index is 5.41. The van der Waals surface area contributed by atoms with Gasteiger partial charge in [-0.05, 0) is 19.9 Å². The van der Waals surface area contributed by atoms with Gasteiger partial charge in [0.2, 0.25) is 5.95 Å². The van der Waals surface area contributed by atoms with Crippen molar-refractivity contribution in [3.05, 3.63) is 18.5 Å². The maximum atomic E-state index is 5.41. The van der Waals surface area contributed by atoms with Gasteiger partial charge in [-0.2, -0.15) is 20.1 Å². The van der Waals surface area contributed by atoms with E-state index in [-0.39, 0.29) is 6.01 Å². The quantitative estimate of drug-likeness (QED) is 0.802. The second kappa shape index (κ2) is 5.82. The summed E-state index contributed by atoms with van der Waals surface area (Å²) in [4.78, 5) is 12.5. The summed E-state index contributed by atoms with van der Waals surface area (Å²) < 4.78 is 6.93. The fourth-order valence-corrected chi connectivity index (χ4v) is 1.32. The molecule has 7 nitrogen and oxygen atoms in total. The van der Waals surface area contributed by atoms with E-state index < -0.39 is 6.10 Å². The molecule has 1 N–H and O–H groups in total. The van der Waals surface area contributed by atoms with Gasteiger partial charge in [0.1, 0.15) is 0 Å². The van der Waals surface area contributed by atoms with Crippen molar-refractivity contribution in [2.24, 2.45) is 0 Å². The fraction of sp³-hybridized carbons (Fsp3) is 0.333. The molecular weight excluding hydrogens is 244 g/mol. The van der Waals surface area contributed by atoms with Gasteiger partial charge in [0.25, 0.3) is 5.95 Å². The molecular formula is C12H14N6O. The van der Waals surface area contributed by atoms with Gasteiger partial charge in [0.05, 0.1) is 0 Å². The van der Waals surface area contributed by atoms with E-state index in [2.05, 4.69) is 31.3 Å². The summed E-state index contributed by atoms with van der Waals surface area (Å²) in [7, 11) is 0. The molecule has 0 aliphatic rings. The zero-order valence-corrected chi connectivity index (χ0v) is 10.7. The van der Waals surface area contributed by atoms with Crippen molar-refractivity contribution >= 4 is 5.95 Å². The lowest BCUT2D eigenvalue weighted by molar-refractivity contribution is 0.255. The topological polar surface area (TPSA) is 77.8 Å². The smallest absolute Gasteiger partial charge is 0.324 e. The minimum Gasteiger partial charge on any atom is -0.447 e. The lowest BCUT2D eigenvalue weighted by atomic mass is 10.4. The Morgan fingerprint density at radius 3 is 2.95 bits per heavy atom. The molecule has 7 heteroatoms. The molecule has 0 spiro atoms. The van der Waals surface area contributed by atoms with Crippen molar-refractivity contribution in [3.63, 3.8) is 0 Å². The standard InChI is InChI=1S/C12H14N6O/c1-4-9(3)19-12-16-10(13-5-2)15-11(17-12)18-8-6-7-14-18/h1,6-9H,5H2,2-3H3,(H,13,15,16,17). The number of nitrogens with zero attached hydrogens (tertiary/aromatic N) is 5. The Bertz CT molecular complexity index is 574. The van der Waals surface area contributed by atoms with Crippen LogP contribution in [0.15, 0.2) is 18.5 Å². The number of rotatable bonds is 5. The Labute approximate surface area is 111 Å². The number of aromatic nitrogens is 5. The highest BCUT2D eigenvalue weighted by Crippen LogP contribution is 2.11. The monoisotopic (exact) mass is 258 g/mol. The van der Waals surface area contributed by atoms with Gasteiger partial charge in [0, 0.05) is 18.9 Å². The first-order chi connectivity index (χ1) is 9.22. The van der Waals surface area contributed by atoms with Crippen LogP contribution in [0.2, 0.25) is 0 Å². The molecule has 0 fully saturated rings. The lowest BCUT2D eigenvalue weighted by Gasteiger charge is -2.10. The molecule has 1 atom stereocenters. The molecule has 0 radical (unpaired) electrons. The average Bonchev–Trinajstić information content (AvgIpc) is 2.92. The predicted octanol–water partition coefficient (Wildman–Crippen LogP) is 0.890. The van der Waals surface area contributed by atoms with Crippen LogP contribution in [-0.4, -0.2) is 37.4 Å². The zero-order chi connectivity index (χ0) is 13.7. The summed E-state index contributed by atoms with van der Waals surface area (Å²) in [6, 6.07) is 1.95. The third-order valence-electron chi connectivity index (χ3n) is 2.16. The van der Waals surface area contributed by atoms with Crippen molar-refractivity contribution < 1.29 is 4.74 Å². The Hall–Kier alpha value is -2.62. The largest absolute Gasteiger partial charge is 0.447 e. The van der Waals surface area contributed by atoms with E-state index in [1.807, 2.05) is 6.92 Å². The van der Waals surface area contributed by atoms with Crippen molar-refractivity contribution in [1.82, 2.24) is 24.7 Å². The minimum atomic E-state index is -0.414. The van der Waals surface area contributed by atoms with E-state index in [1.54, 1.807) is 25.4 Å². The maximum Gasteiger partial charge on any atom is 0.324 e. The van der Waals surface area contributed by atoms with E-state index in [0.29, 0.717) is 18.4 Å². The molecule has 2 aromatic heterocycles. The van der Waals surface area contributed by atoms with Gasteiger partial charge in [-0.15, -0.1) is 6.42 Å². The minimum absolute atomic E-state index is 0.168. The fourth-order valence-electron chi connectivity index (χ4n) is 1.32. The molecule has 19 heavy (non-hydrogen) atoms. The number of hydrogen-bond acceptors (Lipinski definition) is 6. The predicted molar refractivity (Wildman–Crippen MR) is 70.0 cm³/mol. The second-order valence-corrected chi connectivity index (χ2v) is 3.65. The summed E-state index contributed by atoms with van der Waals surface area (Å²) in [6.07, 6.45) is 8.23. The van der Waals surface area contributed by atoms with Crippen LogP contribution in [0.25, 0.3) is 5.95 Å². The van der Waals surface area contributed by atoms with Crippen LogP contribution < -0.4 is 10.1 Å². The summed E-state index contributed by atoms with van der Waals surface area (Å²) >= 11 is 0. The van der Waals surface area contributed by atoms with Crippen LogP contribution >= 0.6 is 0 Å². The van der Waals surface area contributed by atoms with Crippen LogP contribution in [0, 0.1) is 12.3 Å². The zero-order valence-electron chi connectivity index (χ0n) is 10.7. The SMILES string of the molecule is C#CC(C)Oc1nc(NCC)nc(-n2cccn2)n1. The van der Waals surface area contributed by atoms with Crippen molar-refractivity contribution in [1.29, 1.82) is 0 Å². The Balaban J connectivity index is 2.35. The second-order valence-electron chi connectivity index (χ2n) is 3.65. The number of nitrogens with one attached hydrogen (secondary N) is 1. The average molecular weight is 258 g/mol. The van der Waals surface area contributed by atoms with Crippen molar-refractivity contribution in [2.75, 3.05) is 11.9 Å². The highest BCUT2D eigenvalue weighted by Gasteiger charge is 2.10. The van der Waals surface area contributed by atoms with E-state index >= 15 is 0 Å². The molecule has 2 aromatic rings. The van der Waals surface area contributed by atoms with Crippen LogP contribution in [0.4, 0.5) is 5.95 Å². The molecule has 2 heterocycles. The first-order valence-electron chi connectivity index (χ1n) is 5.85. The summed E-state index contributed by atoms with van der Waals surface area (Å²) in [5.74, 6) is 3.24. The van der Waals surface area contributed by atoms with Gasteiger partial charge in [-0.25, -0.2) is 4.68 Å². The number of hydrogen-bond donors (Lipinski definition) is 1. The molecule has 0 aliphatic carbocycles. The van der Waals surface area contributed by atoms with E-state index in [4.69, 9.17) is 11.2 Å². The molecule has 98 valence electrons. The van der Waals surface area contributed by atoms with Crippen LogP contribution in [0.3, 0.4) is 0 Å². The summed E-state index contributed by atoms with van der Waals surface area (Å²) in [5, 5.41) is 7.07. The highest BCUT2D eigenvalue weighted by atomic mass is 16.5. The molecule has 0 saturated carbocycles. The molecule has 0 amide bonds. The third-order valence-corrected chi connectivity index (χ3v) is 2.16. The lowest BCUT2D eigenvalue weighted by Crippen LogP contribution is -2.15. The highest BCUT2D eigenvalue weighted by molar-refractivity contribution is 5.30. The normalized spacial score (nSPS) is 11.6. The molecule has 0 aromatic carbocycles. The molecule has 1 unspecified atom stereocenters.